The van der Waals surface area contributed by atoms with Crippen molar-refractivity contribution in [1.29, 1.82) is 0 Å². The third-order valence-electron chi connectivity index (χ3n) is 9.42. The van der Waals surface area contributed by atoms with Gasteiger partial charge in [0.2, 0.25) is 5.82 Å². The second-order valence-electron chi connectivity index (χ2n) is 15.0. The molecule has 7 aromatic rings. The van der Waals surface area contributed by atoms with Crippen molar-refractivity contribution in [3.8, 4) is 33.8 Å². The molecule has 0 radical (unpaired) electrons. The number of esters is 1. The summed E-state index contributed by atoms with van der Waals surface area (Å²) in [6.45, 7) is 11.3. The lowest BCUT2D eigenvalue weighted by Crippen LogP contribution is -2.24. The van der Waals surface area contributed by atoms with Crippen LogP contribution in [-0.4, -0.2) is 52.7 Å². The Morgan fingerprint density at radius 3 is 2.00 bits per heavy atom. The number of ether oxygens (including phenoxy) is 1. The molecule has 0 saturated carbocycles. The number of aromatic nitrogens is 7. The van der Waals surface area contributed by atoms with Gasteiger partial charge in [-0.1, -0.05) is 80.4 Å². The Labute approximate surface area is 332 Å². The summed E-state index contributed by atoms with van der Waals surface area (Å²) in [4.78, 5) is 28.1. The van der Waals surface area contributed by atoms with Gasteiger partial charge in [-0.3, -0.25) is 9.48 Å². The number of fused-ring (bicyclic) bond motifs is 1. The van der Waals surface area contributed by atoms with Crippen LogP contribution in [-0.2, 0) is 17.8 Å². The number of benzene rings is 5. The predicted molar refractivity (Wildman–Crippen MR) is 224 cm³/mol. The normalized spacial score (nSPS) is 11.5. The van der Waals surface area contributed by atoms with E-state index in [1.54, 1.807) is 29.1 Å². The SMILES string of the molecule is CCCCn1cc(-c2cc(Nc3ccc(-c4ccc(NC(=O)c5cccc6c(C(=O)OC(C)(C)C)cccc56)cc4)cc3)ccc2-c2nnn(CCCC)n2)nn1. The summed E-state index contributed by atoms with van der Waals surface area (Å²) in [5, 5.41) is 30.1. The van der Waals surface area contributed by atoms with Gasteiger partial charge in [0.05, 0.1) is 18.3 Å². The van der Waals surface area contributed by atoms with Crippen molar-refractivity contribution in [2.75, 3.05) is 10.6 Å². The molecule has 0 saturated heterocycles. The molecule has 2 heterocycles. The van der Waals surface area contributed by atoms with Gasteiger partial charge in [-0.15, -0.1) is 15.3 Å². The molecule has 0 aliphatic heterocycles. The zero-order valence-electron chi connectivity index (χ0n) is 33.0. The molecule has 0 fully saturated rings. The van der Waals surface area contributed by atoms with Gasteiger partial charge in [0.1, 0.15) is 11.3 Å². The van der Waals surface area contributed by atoms with Crippen LogP contribution in [0.15, 0.2) is 109 Å². The third kappa shape index (κ3) is 9.24. The molecule has 0 aliphatic carbocycles. The van der Waals surface area contributed by atoms with Crippen LogP contribution in [0.2, 0.25) is 0 Å². The van der Waals surface area contributed by atoms with Gasteiger partial charge in [0.15, 0.2) is 0 Å². The summed E-state index contributed by atoms with van der Waals surface area (Å²) in [6, 6.07) is 32.7. The van der Waals surface area contributed by atoms with Gasteiger partial charge in [-0.05, 0) is 115 Å². The van der Waals surface area contributed by atoms with E-state index in [1.807, 2.05) is 92.3 Å². The third-order valence-corrected chi connectivity index (χ3v) is 9.42. The van der Waals surface area contributed by atoms with Crippen molar-refractivity contribution < 1.29 is 14.3 Å². The van der Waals surface area contributed by atoms with E-state index in [4.69, 9.17) is 4.74 Å². The number of hydrogen-bond acceptors (Lipinski definition) is 9. The van der Waals surface area contributed by atoms with Crippen LogP contribution < -0.4 is 10.6 Å². The summed E-state index contributed by atoms with van der Waals surface area (Å²) in [7, 11) is 0. The second-order valence-corrected chi connectivity index (χ2v) is 15.0. The van der Waals surface area contributed by atoms with Crippen LogP contribution in [0.3, 0.4) is 0 Å². The summed E-state index contributed by atoms with van der Waals surface area (Å²) >= 11 is 0. The van der Waals surface area contributed by atoms with Crippen LogP contribution in [0.1, 0.15) is 81.0 Å². The van der Waals surface area contributed by atoms with Crippen molar-refractivity contribution >= 4 is 39.7 Å². The number of hydrogen-bond donors (Lipinski definition) is 2. The second kappa shape index (κ2) is 17.0. The Balaban J connectivity index is 1.05. The van der Waals surface area contributed by atoms with E-state index in [1.165, 1.54) is 0 Å². The maximum Gasteiger partial charge on any atom is 0.339 e. The number of unbranched alkanes of at least 4 members (excludes halogenated alkanes) is 2. The number of rotatable bonds is 14. The van der Waals surface area contributed by atoms with E-state index in [9.17, 15) is 9.59 Å². The van der Waals surface area contributed by atoms with Gasteiger partial charge in [0, 0.05) is 40.3 Å². The number of carbonyl (C=O) groups excluding carboxylic acids is 2. The molecule has 1 amide bonds. The van der Waals surface area contributed by atoms with Crippen molar-refractivity contribution in [3.63, 3.8) is 0 Å². The molecule has 0 unspecified atom stereocenters. The van der Waals surface area contributed by atoms with E-state index >= 15 is 0 Å². The van der Waals surface area contributed by atoms with Crippen LogP contribution in [0.25, 0.3) is 44.5 Å². The summed E-state index contributed by atoms with van der Waals surface area (Å²) in [6.07, 6.45) is 6.09. The van der Waals surface area contributed by atoms with Crippen LogP contribution >= 0.6 is 0 Å². The van der Waals surface area contributed by atoms with Gasteiger partial charge in [-0.25, -0.2) is 4.79 Å². The van der Waals surface area contributed by atoms with Crippen molar-refractivity contribution in [3.05, 3.63) is 120 Å². The van der Waals surface area contributed by atoms with Gasteiger partial charge < -0.3 is 15.4 Å². The van der Waals surface area contributed by atoms with E-state index in [-0.39, 0.29) is 5.91 Å². The minimum Gasteiger partial charge on any atom is -0.456 e. The lowest BCUT2D eigenvalue weighted by molar-refractivity contribution is 0.00716. The first-order valence-corrected chi connectivity index (χ1v) is 19.4. The topological polar surface area (TPSA) is 142 Å². The fourth-order valence-electron chi connectivity index (χ4n) is 6.50. The average molecular weight is 762 g/mol. The highest BCUT2D eigenvalue weighted by atomic mass is 16.6. The van der Waals surface area contributed by atoms with Crippen LogP contribution in [0.5, 0.6) is 0 Å². The molecule has 2 N–H and O–H groups in total. The minimum absolute atomic E-state index is 0.267. The smallest absolute Gasteiger partial charge is 0.339 e. The van der Waals surface area contributed by atoms with Gasteiger partial charge in [-0.2, -0.15) is 4.80 Å². The molecule has 57 heavy (non-hydrogen) atoms. The maximum atomic E-state index is 13.5. The van der Waals surface area contributed by atoms with E-state index in [2.05, 4.69) is 68.4 Å². The predicted octanol–water partition coefficient (Wildman–Crippen LogP) is 9.97. The van der Waals surface area contributed by atoms with Crippen LogP contribution in [0, 0.1) is 0 Å². The Bertz CT molecular complexity index is 2500. The van der Waals surface area contributed by atoms with Crippen molar-refractivity contribution in [1.82, 2.24) is 35.2 Å². The lowest BCUT2D eigenvalue weighted by Gasteiger charge is -2.20. The van der Waals surface area contributed by atoms with Crippen molar-refractivity contribution in [2.45, 2.75) is 79.0 Å². The first kappa shape index (κ1) is 38.6. The number of aryl methyl sites for hydroxylation is 2. The summed E-state index contributed by atoms with van der Waals surface area (Å²) < 4.78 is 7.49. The summed E-state index contributed by atoms with van der Waals surface area (Å²) in [5.74, 6) is -0.143. The zero-order valence-corrected chi connectivity index (χ0v) is 33.0. The molecule has 2 aromatic heterocycles. The Hall–Kier alpha value is -6.69. The number of tetrazole rings is 1. The highest BCUT2D eigenvalue weighted by Gasteiger charge is 2.21. The average Bonchev–Trinajstić information content (AvgIpc) is 3.89. The Morgan fingerprint density at radius 2 is 1.32 bits per heavy atom. The maximum absolute atomic E-state index is 13.5. The van der Waals surface area contributed by atoms with Crippen LogP contribution in [0.4, 0.5) is 17.1 Å². The number of amides is 1. The molecule has 0 aliphatic rings. The fourth-order valence-corrected chi connectivity index (χ4v) is 6.50. The molecule has 0 atom stereocenters. The summed E-state index contributed by atoms with van der Waals surface area (Å²) in [5.41, 5.74) is 7.20. The number of nitrogens with one attached hydrogen (secondary N) is 2. The lowest BCUT2D eigenvalue weighted by atomic mass is 9.99. The zero-order chi connectivity index (χ0) is 39.9. The first-order valence-electron chi connectivity index (χ1n) is 19.4. The molecule has 0 bridgehead atoms. The molecular weight excluding hydrogens is 715 g/mol. The molecular formula is C45H47N9O3. The quantitative estimate of drug-likeness (QED) is 0.104. The van der Waals surface area contributed by atoms with Gasteiger partial charge >= 0.3 is 5.97 Å². The molecule has 5 aromatic carbocycles. The van der Waals surface area contributed by atoms with Crippen molar-refractivity contribution in [2.24, 2.45) is 0 Å². The monoisotopic (exact) mass is 761 g/mol. The highest BCUT2D eigenvalue weighted by molar-refractivity contribution is 6.16. The van der Waals surface area contributed by atoms with Gasteiger partial charge in [0.25, 0.3) is 5.91 Å². The largest absolute Gasteiger partial charge is 0.456 e. The minimum atomic E-state index is -0.633. The Morgan fingerprint density at radius 1 is 0.684 bits per heavy atom. The Kier molecular flexibility index (Phi) is 11.5. The van der Waals surface area contributed by atoms with E-state index < -0.39 is 11.6 Å². The molecule has 12 nitrogen and oxygen atoms in total. The number of carbonyl (C=O) groups is 2. The molecule has 12 heteroatoms. The highest BCUT2D eigenvalue weighted by Crippen LogP contribution is 2.33. The number of nitrogens with zero attached hydrogens (tertiary/aromatic N) is 7. The molecule has 7 rings (SSSR count). The fraction of sp³-hybridized carbons (Fsp3) is 0.267. The molecule has 290 valence electrons. The van der Waals surface area contributed by atoms with E-state index in [0.29, 0.717) is 33.4 Å². The number of anilines is 3. The standard InChI is InChI=1S/C45H47N9O3/c1-6-8-26-53-29-41(48-51-53)40-28-34(24-25-37(40)42-49-52-54(50-42)27-9-7-2)46-32-20-16-30(17-21-32)31-18-22-33(23-19-31)47-43(55)38-14-10-13-36-35(38)12-11-15-39(36)44(56)57-45(3,4)5/h10-25,28-29,46H,6-9,26-27H2,1-5H3,(H,47,55). The molecule has 0 spiro atoms. The first-order chi connectivity index (χ1) is 27.6. The van der Waals surface area contributed by atoms with E-state index in [0.717, 1.165) is 78.1 Å².